The molecule has 2 rings (SSSR count). The van der Waals surface area contributed by atoms with Crippen molar-refractivity contribution in [2.45, 2.75) is 45.6 Å². The van der Waals surface area contributed by atoms with E-state index in [1.807, 2.05) is 43.3 Å². The van der Waals surface area contributed by atoms with Crippen LogP contribution in [0.15, 0.2) is 36.4 Å². The summed E-state index contributed by atoms with van der Waals surface area (Å²) in [5.74, 6) is -0.425. The van der Waals surface area contributed by atoms with Crippen LogP contribution in [0.3, 0.4) is 0 Å². The summed E-state index contributed by atoms with van der Waals surface area (Å²) >= 11 is 0. The molecule has 22 heavy (non-hydrogen) atoms. The van der Waals surface area contributed by atoms with E-state index >= 15 is 0 Å². The summed E-state index contributed by atoms with van der Waals surface area (Å²) in [7, 11) is 0. The maximum absolute atomic E-state index is 12.1. The summed E-state index contributed by atoms with van der Waals surface area (Å²) in [6.45, 7) is 4.55. The average Bonchev–Trinajstić information content (AvgIpc) is 2.56. The molecule has 0 radical (unpaired) electrons. The van der Waals surface area contributed by atoms with E-state index in [2.05, 4.69) is 6.92 Å². The van der Waals surface area contributed by atoms with Gasteiger partial charge in [0, 0.05) is 0 Å². The molecule has 0 saturated heterocycles. The van der Waals surface area contributed by atoms with Crippen molar-refractivity contribution in [3.8, 4) is 0 Å². The van der Waals surface area contributed by atoms with Crippen molar-refractivity contribution in [3.05, 3.63) is 47.5 Å². The number of hydrogen-bond donors (Lipinski definition) is 1. The van der Waals surface area contributed by atoms with Crippen LogP contribution >= 0.6 is 0 Å². The zero-order chi connectivity index (χ0) is 15.9. The molecule has 0 aliphatic rings. The van der Waals surface area contributed by atoms with Crippen molar-refractivity contribution in [2.75, 3.05) is 6.61 Å². The molecule has 0 heterocycles. The standard InChI is InChI=1S/C19H24O3/c1-3-4-5-10-22-19(21)14(2)16-8-9-17-11-15(13-20)6-7-18(17)12-16/h6-9,11-12,14,20H,3-5,10,13H2,1-2H3. The monoisotopic (exact) mass is 300 g/mol. The number of unbranched alkanes of at least 4 members (excludes halogenated alkanes) is 2. The van der Waals surface area contributed by atoms with Gasteiger partial charge in [-0.1, -0.05) is 50.1 Å². The molecular formula is C19H24O3. The summed E-state index contributed by atoms with van der Waals surface area (Å²) in [6.07, 6.45) is 3.13. The lowest BCUT2D eigenvalue weighted by atomic mass is 9.97. The number of esters is 1. The molecule has 2 aromatic rings. The largest absolute Gasteiger partial charge is 0.465 e. The van der Waals surface area contributed by atoms with E-state index in [0.29, 0.717) is 6.61 Å². The minimum Gasteiger partial charge on any atom is -0.465 e. The molecule has 0 saturated carbocycles. The quantitative estimate of drug-likeness (QED) is 0.616. The fraction of sp³-hybridized carbons (Fsp3) is 0.421. The van der Waals surface area contributed by atoms with Gasteiger partial charge in [0.2, 0.25) is 0 Å². The second kappa shape index (κ2) is 7.95. The first kappa shape index (κ1) is 16.5. The Balaban J connectivity index is 2.07. The highest BCUT2D eigenvalue weighted by Crippen LogP contribution is 2.23. The Bertz CT molecular complexity index is 634. The van der Waals surface area contributed by atoms with Gasteiger partial charge < -0.3 is 9.84 Å². The smallest absolute Gasteiger partial charge is 0.313 e. The lowest BCUT2D eigenvalue weighted by Crippen LogP contribution is -2.14. The van der Waals surface area contributed by atoms with E-state index in [1.165, 1.54) is 0 Å². The molecule has 2 aromatic carbocycles. The van der Waals surface area contributed by atoms with Gasteiger partial charge in [-0.25, -0.2) is 0 Å². The van der Waals surface area contributed by atoms with Gasteiger partial charge in [0.15, 0.2) is 0 Å². The molecule has 0 aromatic heterocycles. The fourth-order valence-corrected chi connectivity index (χ4v) is 2.47. The molecule has 0 spiro atoms. The van der Waals surface area contributed by atoms with Crippen LogP contribution in [-0.4, -0.2) is 17.7 Å². The van der Waals surface area contributed by atoms with E-state index in [1.54, 1.807) is 0 Å². The van der Waals surface area contributed by atoms with Crippen LogP contribution in [0.2, 0.25) is 0 Å². The second-order valence-electron chi connectivity index (χ2n) is 5.70. The van der Waals surface area contributed by atoms with Crippen molar-refractivity contribution >= 4 is 16.7 Å². The Morgan fingerprint density at radius 1 is 1.14 bits per heavy atom. The first-order valence-corrected chi connectivity index (χ1v) is 7.95. The van der Waals surface area contributed by atoms with Gasteiger partial charge in [-0.2, -0.15) is 0 Å². The van der Waals surface area contributed by atoms with Crippen LogP contribution in [0.5, 0.6) is 0 Å². The lowest BCUT2D eigenvalue weighted by molar-refractivity contribution is -0.145. The normalized spacial score (nSPS) is 12.3. The second-order valence-corrected chi connectivity index (χ2v) is 5.70. The Morgan fingerprint density at radius 3 is 2.59 bits per heavy atom. The van der Waals surface area contributed by atoms with Crippen LogP contribution in [0.1, 0.15) is 50.2 Å². The Hall–Kier alpha value is -1.87. The van der Waals surface area contributed by atoms with Crippen molar-refractivity contribution in [2.24, 2.45) is 0 Å². The van der Waals surface area contributed by atoms with Gasteiger partial charge in [0.1, 0.15) is 0 Å². The molecule has 0 aliphatic carbocycles. The first-order valence-electron chi connectivity index (χ1n) is 7.95. The fourth-order valence-electron chi connectivity index (χ4n) is 2.47. The molecule has 0 fully saturated rings. The van der Waals surface area contributed by atoms with Crippen LogP contribution in [0.25, 0.3) is 10.8 Å². The number of fused-ring (bicyclic) bond motifs is 1. The predicted octanol–water partition coefficient (Wildman–Crippen LogP) is 4.17. The van der Waals surface area contributed by atoms with Crippen LogP contribution in [0, 0.1) is 0 Å². The Morgan fingerprint density at radius 2 is 1.86 bits per heavy atom. The summed E-state index contributed by atoms with van der Waals surface area (Å²) in [5, 5.41) is 11.3. The third-order valence-electron chi connectivity index (χ3n) is 3.96. The van der Waals surface area contributed by atoms with Gasteiger partial charge in [-0.05, 0) is 41.3 Å². The predicted molar refractivity (Wildman–Crippen MR) is 88.8 cm³/mol. The third-order valence-corrected chi connectivity index (χ3v) is 3.96. The summed E-state index contributed by atoms with van der Waals surface area (Å²) in [6, 6.07) is 11.8. The Kier molecular flexibility index (Phi) is 5.96. The van der Waals surface area contributed by atoms with Gasteiger partial charge in [-0.15, -0.1) is 0 Å². The number of ether oxygens (including phenoxy) is 1. The van der Waals surface area contributed by atoms with Crippen molar-refractivity contribution in [1.29, 1.82) is 0 Å². The van der Waals surface area contributed by atoms with Gasteiger partial charge >= 0.3 is 5.97 Å². The average molecular weight is 300 g/mol. The van der Waals surface area contributed by atoms with Crippen molar-refractivity contribution in [3.63, 3.8) is 0 Å². The van der Waals surface area contributed by atoms with E-state index in [-0.39, 0.29) is 18.5 Å². The Labute approximate surface area is 131 Å². The van der Waals surface area contributed by atoms with E-state index in [9.17, 15) is 9.90 Å². The lowest BCUT2D eigenvalue weighted by Gasteiger charge is -2.13. The van der Waals surface area contributed by atoms with E-state index in [0.717, 1.165) is 41.2 Å². The molecule has 0 aliphatic heterocycles. The minimum absolute atomic E-state index is 0.0399. The number of carbonyl (C=O) groups is 1. The minimum atomic E-state index is -0.261. The molecule has 0 bridgehead atoms. The van der Waals surface area contributed by atoms with E-state index < -0.39 is 0 Å². The van der Waals surface area contributed by atoms with Crippen molar-refractivity contribution < 1.29 is 14.6 Å². The number of carbonyl (C=O) groups excluding carboxylic acids is 1. The maximum atomic E-state index is 12.1. The topological polar surface area (TPSA) is 46.5 Å². The SMILES string of the molecule is CCCCCOC(=O)C(C)c1ccc2cc(CO)ccc2c1. The molecule has 0 amide bonds. The highest BCUT2D eigenvalue weighted by molar-refractivity contribution is 5.86. The van der Waals surface area contributed by atoms with Gasteiger partial charge in [0.05, 0.1) is 19.1 Å². The summed E-state index contributed by atoms with van der Waals surface area (Å²) < 4.78 is 5.34. The summed E-state index contributed by atoms with van der Waals surface area (Å²) in [5.41, 5.74) is 1.85. The zero-order valence-corrected chi connectivity index (χ0v) is 13.3. The zero-order valence-electron chi connectivity index (χ0n) is 13.3. The number of hydrogen-bond acceptors (Lipinski definition) is 3. The number of aliphatic hydroxyl groups excluding tert-OH is 1. The van der Waals surface area contributed by atoms with Gasteiger partial charge in [0.25, 0.3) is 0 Å². The van der Waals surface area contributed by atoms with Crippen LogP contribution < -0.4 is 0 Å². The maximum Gasteiger partial charge on any atom is 0.313 e. The third kappa shape index (κ3) is 4.08. The molecule has 3 nitrogen and oxygen atoms in total. The number of aliphatic hydroxyl groups is 1. The molecule has 1 N–H and O–H groups in total. The number of benzene rings is 2. The van der Waals surface area contributed by atoms with Crippen LogP contribution in [-0.2, 0) is 16.1 Å². The number of rotatable bonds is 7. The van der Waals surface area contributed by atoms with E-state index in [4.69, 9.17) is 4.74 Å². The van der Waals surface area contributed by atoms with Gasteiger partial charge in [-0.3, -0.25) is 4.79 Å². The molecule has 118 valence electrons. The first-order chi connectivity index (χ1) is 10.7. The molecule has 3 heteroatoms. The highest BCUT2D eigenvalue weighted by Gasteiger charge is 2.16. The molecular weight excluding hydrogens is 276 g/mol. The van der Waals surface area contributed by atoms with Crippen LogP contribution in [0.4, 0.5) is 0 Å². The molecule has 1 unspecified atom stereocenters. The molecule has 1 atom stereocenters. The highest BCUT2D eigenvalue weighted by atomic mass is 16.5. The summed E-state index contributed by atoms with van der Waals surface area (Å²) in [4.78, 5) is 12.1. The van der Waals surface area contributed by atoms with Crippen molar-refractivity contribution in [1.82, 2.24) is 0 Å².